The van der Waals surface area contributed by atoms with Gasteiger partial charge in [-0.1, -0.05) is 114 Å². The van der Waals surface area contributed by atoms with Crippen LogP contribution in [0, 0.1) is 23.5 Å². The van der Waals surface area contributed by atoms with E-state index in [1.807, 2.05) is 12.1 Å². The van der Waals surface area contributed by atoms with E-state index in [0.717, 1.165) is 34.8 Å². The minimum atomic E-state index is -0.234. The molecule has 188 valence electrons. The first-order chi connectivity index (χ1) is 17.1. The predicted octanol–water partition coefficient (Wildman–Crippen LogP) is 10.0. The van der Waals surface area contributed by atoms with Gasteiger partial charge in [0.2, 0.25) is 0 Å². The van der Waals surface area contributed by atoms with Crippen molar-refractivity contribution in [3.63, 3.8) is 0 Å². The molecule has 0 nitrogen and oxygen atoms in total. The highest BCUT2D eigenvalue weighted by Crippen LogP contribution is 2.34. The van der Waals surface area contributed by atoms with E-state index >= 15 is 4.39 Å². The molecule has 0 bridgehead atoms. The molecule has 0 amide bonds. The van der Waals surface area contributed by atoms with Crippen molar-refractivity contribution in [3.05, 3.63) is 82.9 Å². The number of unbranched alkanes of at least 4 members (excludes halogenated alkanes) is 4. The normalized spacial score (nSPS) is 18.3. The summed E-state index contributed by atoms with van der Waals surface area (Å²) in [5, 5.41) is 1.71. The quantitative estimate of drug-likeness (QED) is 0.228. The van der Waals surface area contributed by atoms with E-state index in [1.165, 1.54) is 88.3 Å². The molecule has 3 aromatic carbocycles. The van der Waals surface area contributed by atoms with Crippen molar-refractivity contribution >= 4 is 10.8 Å². The van der Waals surface area contributed by atoms with Crippen LogP contribution in [0.25, 0.3) is 10.8 Å². The molecule has 3 aromatic rings. The highest BCUT2D eigenvalue weighted by atomic mass is 19.1. The molecular formula is C33H42F2. The van der Waals surface area contributed by atoms with Crippen molar-refractivity contribution in [2.75, 3.05) is 0 Å². The molecule has 0 aliphatic heterocycles. The lowest BCUT2D eigenvalue weighted by Crippen LogP contribution is -2.15. The molecule has 0 radical (unpaired) electrons. The lowest BCUT2D eigenvalue weighted by Gasteiger charge is -2.28. The molecule has 1 aliphatic carbocycles. The Morgan fingerprint density at radius 1 is 0.657 bits per heavy atom. The van der Waals surface area contributed by atoms with Crippen LogP contribution in [0.2, 0.25) is 0 Å². The Morgan fingerprint density at radius 2 is 1.34 bits per heavy atom. The van der Waals surface area contributed by atoms with E-state index in [9.17, 15) is 4.39 Å². The number of benzene rings is 3. The van der Waals surface area contributed by atoms with Gasteiger partial charge >= 0.3 is 0 Å². The predicted molar refractivity (Wildman–Crippen MR) is 145 cm³/mol. The maximum atomic E-state index is 15.2. The second-order valence-electron chi connectivity index (χ2n) is 10.8. The minimum absolute atomic E-state index is 0.107. The summed E-state index contributed by atoms with van der Waals surface area (Å²) in [6.45, 7) is 2.28. The SMILES string of the molecule is CCCCCCCC1CCC(CCc2ccc3c(F)c(CCc4ccc(F)cc4)ccc3c2)CC1. The number of hydrogen-bond acceptors (Lipinski definition) is 0. The zero-order valence-electron chi connectivity index (χ0n) is 21.5. The molecule has 0 heterocycles. The highest BCUT2D eigenvalue weighted by Gasteiger charge is 2.20. The van der Waals surface area contributed by atoms with Gasteiger partial charge in [0.1, 0.15) is 11.6 Å². The third-order valence-corrected chi connectivity index (χ3v) is 8.22. The van der Waals surface area contributed by atoms with Gasteiger partial charge in [0.25, 0.3) is 0 Å². The summed E-state index contributed by atoms with van der Waals surface area (Å²) in [5.74, 6) is 1.48. The Morgan fingerprint density at radius 3 is 2.09 bits per heavy atom. The molecule has 0 aromatic heterocycles. The summed E-state index contributed by atoms with van der Waals surface area (Å²) >= 11 is 0. The maximum absolute atomic E-state index is 15.2. The number of hydrogen-bond donors (Lipinski definition) is 0. The Bertz CT molecular complexity index is 1040. The first-order valence-electron chi connectivity index (χ1n) is 14.1. The van der Waals surface area contributed by atoms with Crippen molar-refractivity contribution in [2.24, 2.45) is 11.8 Å². The fourth-order valence-corrected chi connectivity index (χ4v) is 5.88. The summed E-state index contributed by atoms with van der Waals surface area (Å²) < 4.78 is 28.3. The monoisotopic (exact) mass is 476 g/mol. The standard InChI is InChI=1S/C33H42F2/c1-2-3-4-5-6-7-25-8-10-26(11-9-25)12-13-28-17-23-32-30(24-28)20-19-29(33(32)35)18-14-27-15-21-31(34)22-16-27/h15-17,19-26H,2-14,18H2,1H3. The van der Waals surface area contributed by atoms with Gasteiger partial charge in [-0.05, 0) is 71.7 Å². The largest absolute Gasteiger partial charge is 0.207 e. The Hall–Kier alpha value is -2.22. The third kappa shape index (κ3) is 7.63. The number of rotatable bonds is 12. The van der Waals surface area contributed by atoms with E-state index in [-0.39, 0.29) is 11.6 Å². The zero-order chi connectivity index (χ0) is 24.5. The van der Waals surface area contributed by atoms with Crippen molar-refractivity contribution < 1.29 is 8.78 Å². The molecule has 2 heteroatoms. The third-order valence-electron chi connectivity index (χ3n) is 8.22. The average molecular weight is 477 g/mol. The zero-order valence-corrected chi connectivity index (χ0v) is 21.5. The first kappa shape index (κ1) is 25.9. The summed E-state index contributed by atoms with van der Waals surface area (Å²) in [6.07, 6.45) is 17.7. The van der Waals surface area contributed by atoms with Crippen molar-refractivity contribution in [1.29, 1.82) is 0 Å². The van der Waals surface area contributed by atoms with Crippen LogP contribution in [-0.4, -0.2) is 0 Å². The Labute approximate surface area is 211 Å². The Kier molecular flexibility index (Phi) is 9.74. The molecule has 1 saturated carbocycles. The van der Waals surface area contributed by atoms with E-state index in [1.54, 1.807) is 12.1 Å². The summed E-state index contributed by atoms with van der Waals surface area (Å²) in [7, 11) is 0. The van der Waals surface area contributed by atoms with Crippen LogP contribution in [0.15, 0.2) is 54.6 Å². The molecule has 0 N–H and O–H groups in total. The van der Waals surface area contributed by atoms with Crippen LogP contribution in [-0.2, 0) is 19.3 Å². The van der Waals surface area contributed by atoms with Crippen LogP contribution in [0.5, 0.6) is 0 Å². The van der Waals surface area contributed by atoms with Gasteiger partial charge in [-0.15, -0.1) is 0 Å². The molecule has 0 atom stereocenters. The van der Waals surface area contributed by atoms with Crippen LogP contribution in [0.3, 0.4) is 0 Å². The number of halogens is 2. The van der Waals surface area contributed by atoms with Crippen molar-refractivity contribution in [1.82, 2.24) is 0 Å². The van der Waals surface area contributed by atoms with Crippen molar-refractivity contribution in [3.8, 4) is 0 Å². The highest BCUT2D eigenvalue weighted by molar-refractivity contribution is 5.84. The Balaban J connectivity index is 1.24. The van der Waals surface area contributed by atoms with Gasteiger partial charge in [0.15, 0.2) is 0 Å². The molecule has 4 rings (SSSR count). The number of aryl methyl sites for hydroxylation is 3. The fraction of sp³-hybridized carbons (Fsp3) is 0.515. The van der Waals surface area contributed by atoms with Gasteiger partial charge in [-0.25, -0.2) is 8.78 Å². The average Bonchev–Trinajstić information content (AvgIpc) is 2.88. The summed E-state index contributed by atoms with van der Waals surface area (Å²) in [6, 6.07) is 16.8. The van der Waals surface area contributed by atoms with Gasteiger partial charge in [-0.3, -0.25) is 0 Å². The van der Waals surface area contributed by atoms with Crippen LogP contribution >= 0.6 is 0 Å². The fourth-order valence-electron chi connectivity index (χ4n) is 5.88. The second-order valence-corrected chi connectivity index (χ2v) is 10.8. The van der Waals surface area contributed by atoms with Gasteiger partial charge in [-0.2, -0.15) is 0 Å². The summed E-state index contributed by atoms with van der Waals surface area (Å²) in [4.78, 5) is 0. The minimum Gasteiger partial charge on any atom is -0.207 e. The lowest BCUT2D eigenvalue weighted by atomic mass is 9.77. The summed E-state index contributed by atoms with van der Waals surface area (Å²) in [5.41, 5.74) is 3.09. The van der Waals surface area contributed by atoms with Gasteiger partial charge < -0.3 is 0 Å². The van der Waals surface area contributed by atoms with E-state index in [2.05, 4.69) is 25.1 Å². The van der Waals surface area contributed by atoms with Crippen LogP contribution in [0.1, 0.15) is 94.2 Å². The smallest absolute Gasteiger partial charge is 0.134 e. The van der Waals surface area contributed by atoms with Crippen LogP contribution in [0.4, 0.5) is 8.78 Å². The molecule has 35 heavy (non-hydrogen) atoms. The van der Waals surface area contributed by atoms with Gasteiger partial charge in [0, 0.05) is 5.39 Å². The molecule has 1 fully saturated rings. The number of fused-ring (bicyclic) bond motifs is 1. The molecular weight excluding hydrogens is 434 g/mol. The second kappa shape index (κ2) is 13.2. The van der Waals surface area contributed by atoms with Crippen LogP contribution < -0.4 is 0 Å². The topological polar surface area (TPSA) is 0 Å². The van der Waals surface area contributed by atoms with E-state index in [0.29, 0.717) is 18.2 Å². The van der Waals surface area contributed by atoms with E-state index in [4.69, 9.17) is 0 Å². The van der Waals surface area contributed by atoms with Gasteiger partial charge in [0.05, 0.1) is 0 Å². The lowest BCUT2D eigenvalue weighted by molar-refractivity contribution is 0.249. The maximum Gasteiger partial charge on any atom is 0.134 e. The molecule has 0 spiro atoms. The molecule has 0 unspecified atom stereocenters. The molecule has 1 aliphatic rings. The molecule has 0 saturated heterocycles. The van der Waals surface area contributed by atoms with Crippen molar-refractivity contribution in [2.45, 2.75) is 96.8 Å². The first-order valence-corrected chi connectivity index (χ1v) is 14.1. The van der Waals surface area contributed by atoms with E-state index < -0.39 is 0 Å².